The van der Waals surface area contributed by atoms with Crippen LogP contribution in [0.2, 0.25) is 0 Å². The monoisotopic (exact) mass is 273 g/mol. The highest BCUT2D eigenvalue weighted by Gasteiger charge is 2.11. The molecule has 1 unspecified atom stereocenters. The lowest BCUT2D eigenvalue weighted by Gasteiger charge is -2.18. The molecule has 0 amide bonds. The molecule has 4 nitrogen and oxygen atoms in total. The van der Waals surface area contributed by atoms with E-state index >= 15 is 0 Å². The van der Waals surface area contributed by atoms with Gasteiger partial charge in [-0.2, -0.15) is 5.10 Å². The SMILES string of the molecule is CNC(Cn1nccc1C)c1ccc(OC(C)C)cc1. The lowest BCUT2D eigenvalue weighted by atomic mass is 10.1. The van der Waals surface area contributed by atoms with Gasteiger partial charge in [-0.05, 0) is 51.6 Å². The second kappa shape index (κ2) is 6.57. The fourth-order valence-corrected chi connectivity index (χ4v) is 2.18. The van der Waals surface area contributed by atoms with Crippen LogP contribution in [0, 0.1) is 6.92 Å². The van der Waals surface area contributed by atoms with Crippen LogP contribution in [0.3, 0.4) is 0 Å². The molecule has 2 aromatic rings. The minimum atomic E-state index is 0.202. The van der Waals surface area contributed by atoms with Crippen LogP contribution in [-0.4, -0.2) is 22.9 Å². The molecular weight excluding hydrogens is 250 g/mol. The van der Waals surface area contributed by atoms with Crippen LogP contribution >= 0.6 is 0 Å². The van der Waals surface area contributed by atoms with E-state index in [2.05, 4.69) is 29.5 Å². The van der Waals surface area contributed by atoms with E-state index in [0.29, 0.717) is 0 Å². The van der Waals surface area contributed by atoms with E-state index in [-0.39, 0.29) is 12.1 Å². The zero-order valence-corrected chi connectivity index (χ0v) is 12.6. The largest absolute Gasteiger partial charge is 0.491 e. The topological polar surface area (TPSA) is 39.1 Å². The van der Waals surface area contributed by atoms with E-state index in [1.807, 2.05) is 50.0 Å². The molecule has 0 spiro atoms. The molecule has 0 saturated heterocycles. The van der Waals surface area contributed by atoms with Gasteiger partial charge in [0.15, 0.2) is 0 Å². The summed E-state index contributed by atoms with van der Waals surface area (Å²) in [4.78, 5) is 0. The van der Waals surface area contributed by atoms with E-state index < -0.39 is 0 Å². The first-order valence-electron chi connectivity index (χ1n) is 7.02. The summed E-state index contributed by atoms with van der Waals surface area (Å²) >= 11 is 0. The third-order valence-electron chi connectivity index (χ3n) is 3.29. The van der Waals surface area contributed by atoms with E-state index in [4.69, 9.17) is 4.74 Å². The van der Waals surface area contributed by atoms with Gasteiger partial charge in [-0.1, -0.05) is 12.1 Å². The smallest absolute Gasteiger partial charge is 0.119 e. The Balaban J connectivity index is 2.09. The third kappa shape index (κ3) is 3.61. The number of nitrogens with zero attached hydrogens (tertiary/aromatic N) is 2. The summed E-state index contributed by atoms with van der Waals surface area (Å²) in [5.41, 5.74) is 2.41. The molecular formula is C16H23N3O. The van der Waals surface area contributed by atoms with Gasteiger partial charge >= 0.3 is 0 Å². The Morgan fingerprint density at radius 2 is 1.90 bits per heavy atom. The molecule has 4 heteroatoms. The first-order valence-corrected chi connectivity index (χ1v) is 7.02. The van der Waals surface area contributed by atoms with Crippen molar-refractivity contribution in [1.29, 1.82) is 0 Å². The van der Waals surface area contributed by atoms with Crippen LogP contribution < -0.4 is 10.1 Å². The molecule has 2 rings (SSSR count). The van der Waals surface area contributed by atoms with Crippen molar-refractivity contribution in [3.8, 4) is 5.75 Å². The normalized spacial score (nSPS) is 12.7. The van der Waals surface area contributed by atoms with Gasteiger partial charge in [-0.3, -0.25) is 4.68 Å². The zero-order valence-electron chi connectivity index (χ0n) is 12.6. The van der Waals surface area contributed by atoms with Gasteiger partial charge < -0.3 is 10.1 Å². The molecule has 0 aliphatic rings. The minimum absolute atomic E-state index is 0.202. The van der Waals surface area contributed by atoms with Gasteiger partial charge in [0.25, 0.3) is 0 Å². The average molecular weight is 273 g/mol. The van der Waals surface area contributed by atoms with E-state index in [9.17, 15) is 0 Å². The average Bonchev–Trinajstić information content (AvgIpc) is 2.82. The zero-order chi connectivity index (χ0) is 14.5. The summed E-state index contributed by atoms with van der Waals surface area (Å²) in [6.45, 7) is 6.95. The van der Waals surface area contributed by atoms with Gasteiger partial charge in [-0.25, -0.2) is 0 Å². The van der Waals surface area contributed by atoms with Crippen LogP contribution in [0.1, 0.15) is 31.1 Å². The summed E-state index contributed by atoms with van der Waals surface area (Å²) < 4.78 is 7.68. The second-order valence-corrected chi connectivity index (χ2v) is 5.23. The number of aromatic nitrogens is 2. The van der Waals surface area contributed by atoms with Crippen molar-refractivity contribution in [3.63, 3.8) is 0 Å². The maximum absolute atomic E-state index is 5.67. The summed E-state index contributed by atoms with van der Waals surface area (Å²) in [5.74, 6) is 0.911. The molecule has 0 radical (unpaired) electrons. The molecule has 0 bridgehead atoms. The summed E-state index contributed by atoms with van der Waals surface area (Å²) in [6, 6.07) is 10.5. The Morgan fingerprint density at radius 1 is 1.20 bits per heavy atom. The van der Waals surface area contributed by atoms with E-state index in [1.165, 1.54) is 11.3 Å². The number of benzene rings is 1. The minimum Gasteiger partial charge on any atom is -0.491 e. The van der Waals surface area contributed by atoms with Crippen molar-refractivity contribution in [1.82, 2.24) is 15.1 Å². The maximum atomic E-state index is 5.67. The lowest BCUT2D eigenvalue weighted by molar-refractivity contribution is 0.242. The fourth-order valence-electron chi connectivity index (χ4n) is 2.18. The van der Waals surface area contributed by atoms with Crippen LogP contribution in [0.5, 0.6) is 5.75 Å². The number of aryl methyl sites for hydroxylation is 1. The van der Waals surface area contributed by atoms with Crippen molar-refractivity contribution in [3.05, 3.63) is 47.8 Å². The number of hydrogen-bond acceptors (Lipinski definition) is 3. The third-order valence-corrected chi connectivity index (χ3v) is 3.29. The summed E-state index contributed by atoms with van der Waals surface area (Å²) in [5, 5.41) is 7.68. The van der Waals surface area contributed by atoms with E-state index in [1.54, 1.807) is 0 Å². The van der Waals surface area contributed by atoms with Crippen molar-refractivity contribution < 1.29 is 4.74 Å². The predicted octanol–water partition coefficient (Wildman–Crippen LogP) is 2.94. The van der Waals surface area contributed by atoms with Gasteiger partial charge in [-0.15, -0.1) is 0 Å². The Labute approximate surface area is 120 Å². The van der Waals surface area contributed by atoms with Crippen LogP contribution in [0.4, 0.5) is 0 Å². The molecule has 0 aliphatic carbocycles. The molecule has 0 saturated carbocycles. The molecule has 1 N–H and O–H groups in total. The number of nitrogens with one attached hydrogen (secondary N) is 1. The van der Waals surface area contributed by atoms with Gasteiger partial charge in [0.05, 0.1) is 18.7 Å². The standard InChI is InChI=1S/C16H23N3O/c1-12(2)20-15-7-5-14(6-8-15)16(17-4)11-19-13(3)9-10-18-19/h5-10,12,16-17H,11H2,1-4H3. The number of likely N-dealkylation sites (N-methyl/N-ethyl adjacent to an activating group) is 1. The molecule has 1 aromatic carbocycles. The molecule has 0 fully saturated rings. The summed E-state index contributed by atoms with van der Waals surface area (Å²) in [6.07, 6.45) is 2.04. The molecule has 20 heavy (non-hydrogen) atoms. The van der Waals surface area contributed by atoms with Gasteiger partial charge in [0.2, 0.25) is 0 Å². The van der Waals surface area contributed by atoms with Crippen molar-refractivity contribution >= 4 is 0 Å². The summed E-state index contributed by atoms with van der Waals surface area (Å²) in [7, 11) is 1.97. The van der Waals surface area contributed by atoms with Crippen molar-refractivity contribution in [2.45, 2.75) is 39.5 Å². The molecule has 1 aromatic heterocycles. The highest BCUT2D eigenvalue weighted by Crippen LogP contribution is 2.20. The Morgan fingerprint density at radius 3 is 2.40 bits per heavy atom. The molecule has 0 aliphatic heterocycles. The number of hydrogen-bond donors (Lipinski definition) is 1. The quantitative estimate of drug-likeness (QED) is 0.879. The molecule has 108 valence electrons. The Kier molecular flexibility index (Phi) is 4.79. The second-order valence-electron chi connectivity index (χ2n) is 5.23. The number of rotatable bonds is 6. The predicted molar refractivity (Wildman–Crippen MR) is 81.0 cm³/mol. The fraction of sp³-hybridized carbons (Fsp3) is 0.438. The van der Waals surface area contributed by atoms with Crippen molar-refractivity contribution in [2.24, 2.45) is 0 Å². The van der Waals surface area contributed by atoms with Crippen LogP contribution in [-0.2, 0) is 6.54 Å². The number of ether oxygens (including phenoxy) is 1. The van der Waals surface area contributed by atoms with E-state index in [0.717, 1.165) is 12.3 Å². The maximum Gasteiger partial charge on any atom is 0.119 e. The van der Waals surface area contributed by atoms with Gasteiger partial charge in [0, 0.05) is 11.9 Å². The molecule has 1 heterocycles. The first kappa shape index (κ1) is 14.6. The highest BCUT2D eigenvalue weighted by atomic mass is 16.5. The van der Waals surface area contributed by atoms with Crippen LogP contribution in [0.25, 0.3) is 0 Å². The Hall–Kier alpha value is -1.81. The van der Waals surface area contributed by atoms with Gasteiger partial charge in [0.1, 0.15) is 5.75 Å². The van der Waals surface area contributed by atoms with Crippen molar-refractivity contribution in [2.75, 3.05) is 7.05 Å². The highest BCUT2D eigenvalue weighted by molar-refractivity contribution is 5.29. The first-order chi connectivity index (χ1) is 9.60. The molecule has 1 atom stereocenters. The lowest BCUT2D eigenvalue weighted by Crippen LogP contribution is -2.23. The van der Waals surface area contributed by atoms with Crippen LogP contribution in [0.15, 0.2) is 36.5 Å². The Bertz CT molecular complexity index is 531.